The number of carbonyl (C=O) groups is 1. The number of esters is 1. The van der Waals surface area contributed by atoms with Crippen LogP contribution in [0.25, 0.3) is 12.2 Å². The average Bonchev–Trinajstić information content (AvgIpc) is 2.95. The van der Waals surface area contributed by atoms with Crippen LogP contribution in [0.5, 0.6) is 11.6 Å². The maximum atomic E-state index is 14.1. The quantitative estimate of drug-likeness (QED) is 0.185. The zero-order valence-corrected chi connectivity index (χ0v) is 24.6. The third-order valence-corrected chi connectivity index (χ3v) is 8.56. The van der Waals surface area contributed by atoms with Gasteiger partial charge in [-0.25, -0.2) is 13.4 Å². The first kappa shape index (κ1) is 31.5. The maximum Gasteiger partial charge on any atom is 0.417 e. The van der Waals surface area contributed by atoms with E-state index >= 15 is 0 Å². The molecular formula is C28H25Cl2F3N2O6S. The molecule has 0 N–H and O–H groups in total. The maximum absolute atomic E-state index is 14.1. The number of rotatable bonds is 9. The number of alkyl halides is 3. The molecule has 0 radical (unpaired) electrons. The Labute approximate surface area is 250 Å². The number of aromatic nitrogens is 1. The second-order valence-electron chi connectivity index (χ2n) is 9.04. The normalized spacial score (nSPS) is 15.3. The number of benzene rings is 2. The summed E-state index contributed by atoms with van der Waals surface area (Å²) in [7, 11) is -3.13. The fourth-order valence-corrected chi connectivity index (χ4v) is 6.35. The van der Waals surface area contributed by atoms with E-state index in [-0.39, 0.29) is 63.8 Å². The summed E-state index contributed by atoms with van der Waals surface area (Å²) in [5, 5.41) is -0.0402. The van der Waals surface area contributed by atoms with Crippen molar-refractivity contribution in [2.75, 3.05) is 24.6 Å². The van der Waals surface area contributed by atoms with Gasteiger partial charge in [0.15, 0.2) is 4.90 Å². The molecule has 14 heteroatoms. The lowest BCUT2D eigenvalue weighted by Gasteiger charge is -2.35. The molecule has 1 atom stereocenters. The van der Waals surface area contributed by atoms with Gasteiger partial charge in [-0.3, -0.25) is 9.10 Å². The summed E-state index contributed by atoms with van der Waals surface area (Å²) in [6, 6.07) is 9.20. The van der Waals surface area contributed by atoms with Crippen molar-refractivity contribution in [2.24, 2.45) is 0 Å². The van der Waals surface area contributed by atoms with Gasteiger partial charge in [0, 0.05) is 23.2 Å². The number of carbonyl (C=O) groups excluding carboxylic acids is 1. The Kier molecular flexibility index (Phi) is 9.59. The van der Waals surface area contributed by atoms with E-state index in [9.17, 15) is 26.4 Å². The van der Waals surface area contributed by atoms with Crippen LogP contribution < -0.4 is 13.8 Å². The summed E-state index contributed by atoms with van der Waals surface area (Å²) in [4.78, 5) is 15.5. The van der Waals surface area contributed by atoms with Crippen LogP contribution in [0.2, 0.25) is 10.0 Å². The lowest BCUT2D eigenvalue weighted by Crippen LogP contribution is -2.44. The highest BCUT2D eigenvalue weighted by atomic mass is 35.5. The Bertz CT molecular complexity index is 1620. The molecule has 0 amide bonds. The van der Waals surface area contributed by atoms with Gasteiger partial charge < -0.3 is 14.2 Å². The Morgan fingerprint density at radius 2 is 1.95 bits per heavy atom. The van der Waals surface area contributed by atoms with Gasteiger partial charge in [-0.1, -0.05) is 47.5 Å². The second-order valence-corrected chi connectivity index (χ2v) is 11.7. The van der Waals surface area contributed by atoms with Gasteiger partial charge in [-0.05, 0) is 49.2 Å². The molecule has 2 aromatic carbocycles. The van der Waals surface area contributed by atoms with E-state index in [4.69, 9.17) is 37.4 Å². The van der Waals surface area contributed by atoms with E-state index < -0.39 is 33.8 Å². The molecule has 1 aliphatic rings. The third kappa shape index (κ3) is 6.93. The number of ether oxygens (including phenoxy) is 3. The van der Waals surface area contributed by atoms with E-state index in [1.54, 1.807) is 13.0 Å². The molecule has 2 heterocycles. The smallest absolute Gasteiger partial charge is 0.417 e. The zero-order chi connectivity index (χ0) is 30.7. The predicted molar refractivity (Wildman–Crippen MR) is 152 cm³/mol. The number of hydrogen-bond donors (Lipinski definition) is 0. The Hall–Kier alpha value is -3.48. The molecular weight excluding hydrogens is 620 g/mol. The van der Waals surface area contributed by atoms with Crippen LogP contribution in [0.15, 0.2) is 53.6 Å². The molecule has 4 rings (SSSR count). The van der Waals surface area contributed by atoms with E-state index in [1.165, 1.54) is 55.8 Å². The Morgan fingerprint density at radius 3 is 2.64 bits per heavy atom. The van der Waals surface area contributed by atoms with Crippen molar-refractivity contribution in [1.29, 1.82) is 0 Å². The average molecular weight is 645 g/mol. The SMILES string of the molecule is CCOc1ncc(Cl)cc1S(=O)(=O)N1CC(CCC(=O)OC)Oc2ccc(C=Cc3c(Cl)cccc3C(F)(F)F)cc21. The summed E-state index contributed by atoms with van der Waals surface area (Å²) in [5.74, 6) is -0.469. The van der Waals surface area contributed by atoms with E-state index in [2.05, 4.69) is 4.98 Å². The number of halogens is 5. The van der Waals surface area contributed by atoms with Gasteiger partial charge in [-0.2, -0.15) is 13.2 Å². The molecule has 0 bridgehead atoms. The summed E-state index contributed by atoms with van der Waals surface area (Å²) in [6.07, 6.45) is -1.38. The van der Waals surface area contributed by atoms with E-state index in [0.29, 0.717) is 5.56 Å². The summed E-state index contributed by atoms with van der Waals surface area (Å²) in [6.45, 7) is 1.61. The van der Waals surface area contributed by atoms with E-state index in [0.717, 1.165) is 10.4 Å². The molecule has 1 aromatic heterocycles. The number of methoxy groups -OCH3 is 1. The standard InChI is InChI=1S/C28H25Cl2F3N2O6S/c1-3-40-27-25(14-18(29)15-34-27)42(37,38)35-16-19(9-12-26(36)39-2)41-24-11-8-17(13-23(24)35)7-10-20-21(28(31,32)33)5-4-6-22(20)30/h4-8,10-11,13-15,19H,3,9,12,16H2,1-2H3. The van der Waals surface area contributed by atoms with Gasteiger partial charge >= 0.3 is 12.1 Å². The number of pyridine rings is 1. The molecule has 42 heavy (non-hydrogen) atoms. The zero-order valence-electron chi connectivity index (χ0n) is 22.3. The van der Waals surface area contributed by atoms with Crippen LogP contribution in [-0.4, -0.2) is 45.7 Å². The van der Waals surface area contributed by atoms with Crippen LogP contribution in [-0.2, 0) is 25.7 Å². The first-order valence-electron chi connectivity index (χ1n) is 12.6. The number of nitrogens with zero attached hydrogens (tertiary/aromatic N) is 2. The molecule has 0 fully saturated rings. The summed E-state index contributed by atoms with van der Waals surface area (Å²) in [5.41, 5.74) is -0.668. The van der Waals surface area contributed by atoms with Crippen LogP contribution in [0.1, 0.15) is 36.5 Å². The Balaban J connectivity index is 1.79. The minimum atomic E-state index is -4.64. The molecule has 0 saturated heterocycles. The first-order valence-corrected chi connectivity index (χ1v) is 14.8. The van der Waals surface area contributed by atoms with Crippen molar-refractivity contribution in [1.82, 2.24) is 4.98 Å². The monoisotopic (exact) mass is 644 g/mol. The topological polar surface area (TPSA) is 95.0 Å². The minimum Gasteiger partial charge on any atom is -0.486 e. The minimum absolute atomic E-state index is 0.0203. The number of sulfonamides is 1. The lowest BCUT2D eigenvalue weighted by atomic mass is 10.0. The fraction of sp³-hybridized carbons (Fsp3) is 0.286. The van der Waals surface area contributed by atoms with Gasteiger partial charge in [0.1, 0.15) is 11.9 Å². The lowest BCUT2D eigenvalue weighted by molar-refractivity contribution is -0.141. The second kappa shape index (κ2) is 12.8. The highest BCUT2D eigenvalue weighted by molar-refractivity contribution is 7.93. The largest absolute Gasteiger partial charge is 0.486 e. The van der Waals surface area contributed by atoms with Gasteiger partial charge in [0.2, 0.25) is 5.88 Å². The molecule has 0 saturated carbocycles. The van der Waals surface area contributed by atoms with Crippen LogP contribution in [0, 0.1) is 0 Å². The van der Waals surface area contributed by atoms with Crippen LogP contribution in [0.3, 0.4) is 0 Å². The van der Waals surface area contributed by atoms with Gasteiger partial charge in [-0.15, -0.1) is 0 Å². The van der Waals surface area contributed by atoms with Crippen LogP contribution >= 0.6 is 23.2 Å². The molecule has 3 aromatic rings. The van der Waals surface area contributed by atoms with Crippen LogP contribution in [0.4, 0.5) is 18.9 Å². The third-order valence-electron chi connectivity index (χ3n) is 6.25. The van der Waals surface area contributed by atoms with Crippen molar-refractivity contribution >= 4 is 57.0 Å². The Morgan fingerprint density at radius 1 is 1.19 bits per heavy atom. The van der Waals surface area contributed by atoms with Crippen molar-refractivity contribution in [3.8, 4) is 11.6 Å². The molecule has 224 valence electrons. The molecule has 0 aliphatic carbocycles. The number of hydrogen-bond acceptors (Lipinski definition) is 7. The van der Waals surface area contributed by atoms with Gasteiger partial charge in [0.25, 0.3) is 10.0 Å². The van der Waals surface area contributed by atoms with Crippen molar-refractivity contribution < 1.29 is 40.6 Å². The highest BCUT2D eigenvalue weighted by Gasteiger charge is 2.37. The highest BCUT2D eigenvalue weighted by Crippen LogP contribution is 2.41. The predicted octanol–water partition coefficient (Wildman–Crippen LogP) is 6.89. The molecule has 1 unspecified atom stereocenters. The molecule has 8 nitrogen and oxygen atoms in total. The molecule has 1 aliphatic heterocycles. The number of anilines is 1. The van der Waals surface area contributed by atoms with Crippen molar-refractivity contribution in [2.45, 2.75) is 36.9 Å². The fourth-order valence-electron chi connectivity index (χ4n) is 4.28. The molecule has 0 spiro atoms. The summed E-state index contributed by atoms with van der Waals surface area (Å²) < 4.78 is 86.1. The number of fused-ring (bicyclic) bond motifs is 1. The van der Waals surface area contributed by atoms with Gasteiger partial charge in [0.05, 0.1) is 36.5 Å². The van der Waals surface area contributed by atoms with Crippen molar-refractivity contribution in [3.63, 3.8) is 0 Å². The summed E-state index contributed by atoms with van der Waals surface area (Å²) >= 11 is 12.2. The first-order chi connectivity index (χ1) is 19.8. The van der Waals surface area contributed by atoms with E-state index in [1.807, 2.05) is 0 Å². The van der Waals surface area contributed by atoms with Crippen molar-refractivity contribution in [3.05, 3.63) is 75.4 Å².